The summed E-state index contributed by atoms with van der Waals surface area (Å²) in [6.45, 7) is 3.85. The van der Waals surface area contributed by atoms with E-state index in [2.05, 4.69) is 28.1 Å². The summed E-state index contributed by atoms with van der Waals surface area (Å²) in [6.07, 6.45) is 2.52. The van der Waals surface area contributed by atoms with Crippen LogP contribution in [0.4, 0.5) is 0 Å². The molecule has 3 N–H and O–H groups in total. The Labute approximate surface area is 107 Å². The summed E-state index contributed by atoms with van der Waals surface area (Å²) in [5, 5.41) is 3.99. The molecule has 0 unspecified atom stereocenters. The number of aromatic nitrogens is 1. The van der Waals surface area contributed by atoms with Crippen LogP contribution in [-0.4, -0.2) is 17.0 Å². The van der Waals surface area contributed by atoms with Crippen molar-refractivity contribution in [3.63, 3.8) is 0 Å². The molecule has 1 amide bonds. The highest BCUT2D eigenvalue weighted by Crippen LogP contribution is 2.17. The molecule has 0 atom stereocenters. The maximum atomic E-state index is 11.5. The van der Waals surface area contributed by atoms with Crippen molar-refractivity contribution in [3.8, 4) is 0 Å². The van der Waals surface area contributed by atoms with E-state index in [1.54, 1.807) is 0 Å². The molecule has 0 radical (unpaired) electrons. The first kappa shape index (κ1) is 12.6. The molecule has 0 bridgehead atoms. The molecule has 18 heavy (non-hydrogen) atoms. The summed E-state index contributed by atoms with van der Waals surface area (Å²) in [5.74, 6) is 0.0920. The largest absolute Gasteiger partial charge is 0.356 e. The van der Waals surface area contributed by atoms with Crippen LogP contribution in [0.1, 0.15) is 18.9 Å². The molecule has 1 heterocycles. The molecule has 0 aliphatic heterocycles. The summed E-state index contributed by atoms with van der Waals surface area (Å²) in [7, 11) is 0. The van der Waals surface area contributed by atoms with Gasteiger partial charge in [-0.1, -0.05) is 12.1 Å². The topological polar surface area (TPSA) is 60.0 Å². The molecule has 0 fully saturated rings. The molecule has 0 aliphatic rings. The summed E-state index contributed by atoms with van der Waals surface area (Å²) in [5.41, 5.74) is 7.90. The lowest BCUT2D eigenvalue weighted by molar-refractivity contribution is -0.121. The molecule has 0 aliphatic carbocycles. The molecule has 0 spiro atoms. The second-order valence-corrected chi connectivity index (χ2v) is 4.31. The van der Waals surface area contributed by atoms with E-state index in [0.29, 0.717) is 26.1 Å². The lowest BCUT2D eigenvalue weighted by Gasteiger charge is -2.06. The van der Waals surface area contributed by atoms with Gasteiger partial charge in [-0.2, -0.15) is 0 Å². The zero-order valence-electron chi connectivity index (χ0n) is 10.6. The number of amides is 1. The average molecular weight is 245 g/mol. The van der Waals surface area contributed by atoms with Crippen LogP contribution in [0.15, 0.2) is 30.5 Å². The van der Waals surface area contributed by atoms with Gasteiger partial charge < -0.3 is 15.6 Å². The van der Waals surface area contributed by atoms with Crippen molar-refractivity contribution in [2.75, 3.05) is 6.54 Å². The van der Waals surface area contributed by atoms with Crippen molar-refractivity contribution >= 4 is 16.8 Å². The molecular weight excluding hydrogens is 226 g/mol. The third-order valence-electron chi connectivity index (χ3n) is 3.03. The number of hydrogen-bond donors (Lipinski definition) is 2. The van der Waals surface area contributed by atoms with E-state index in [1.807, 2.05) is 19.2 Å². The van der Waals surface area contributed by atoms with Crippen LogP contribution >= 0.6 is 0 Å². The van der Waals surface area contributed by atoms with Crippen LogP contribution < -0.4 is 11.1 Å². The fourth-order valence-electron chi connectivity index (χ4n) is 2.06. The Hall–Kier alpha value is -1.81. The lowest BCUT2D eigenvalue weighted by Crippen LogP contribution is -2.23. The smallest absolute Gasteiger partial charge is 0.221 e. The first-order valence-electron chi connectivity index (χ1n) is 6.29. The number of benzene rings is 1. The van der Waals surface area contributed by atoms with E-state index in [9.17, 15) is 4.79 Å². The SMILES string of the molecule is CCNC(=O)CCn1ccc2ccc(CN)cc21. The highest BCUT2D eigenvalue weighted by Gasteiger charge is 2.04. The normalized spacial score (nSPS) is 10.8. The maximum Gasteiger partial charge on any atom is 0.221 e. The molecule has 4 heteroatoms. The lowest BCUT2D eigenvalue weighted by atomic mass is 10.1. The summed E-state index contributed by atoms with van der Waals surface area (Å²) < 4.78 is 2.10. The Kier molecular flexibility index (Phi) is 3.99. The van der Waals surface area contributed by atoms with E-state index >= 15 is 0 Å². The minimum Gasteiger partial charge on any atom is -0.356 e. The van der Waals surface area contributed by atoms with Crippen molar-refractivity contribution in [2.45, 2.75) is 26.4 Å². The molecule has 1 aromatic carbocycles. The Morgan fingerprint density at radius 2 is 2.22 bits per heavy atom. The summed E-state index contributed by atoms with van der Waals surface area (Å²) >= 11 is 0. The second kappa shape index (κ2) is 5.69. The molecule has 2 rings (SSSR count). The molecule has 2 aromatic rings. The first-order valence-corrected chi connectivity index (χ1v) is 6.29. The molecular formula is C14H19N3O. The van der Waals surface area contributed by atoms with Gasteiger partial charge in [0, 0.05) is 37.8 Å². The van der Waals surface area contributed by atoms with E-state index in [-0.39, 0.29) is 5.91 Å². The van der Waals surface area contributed by atoms with Crippen LogP contribution in [-0.2, 0) is 17.9 Å². The van der Waals surface area contributed by atoms with Crippen LogP contribution in [0.2, 0.25) is 0 Å². The second-order valence-electron chi connectivity index (χ2n) is 4.31. The van der Waals surface area contributed by atoms with E-state index in [4.69, 9.17) is 5.73 Å². The molecule has 96 valence electrons. The van der Waals surface area contributed by atoms with Gasteiger partial charge in [0.05, 0.1) is 0 Å². The van der Waals surface area contributed by atoms with E-state index in [0.717, 1.165) is 11.1 Å². The maximum absolute atomic E-state index is 11.5. The van der Waals surface area contributed by atoms with Gasteiger partial charge in [0.1, 0.15) is 0 Å². The fraction of sp³-hybridized carbons (Fsp3) is 0.357. The fourth-order valence-corrected chi connectivity index (χ4v) is 2.06. The Morgan fingerprint density at radius 3 is 2.94 bits per heavy atom. The summed E-state index contributed by atoms with van der Waals surface area (Å²) in [4.78, 5) is 11.5. The number of nitrogens with zero attached hydrogens (tertiary/aromatic N) is 1. The zero-order valence-corrected chi connectivity index (χ0v) is 10.6. The molecule has 0 saturated heterocycles. The minimum absolute atomic E-state index is 0.0920. The molecule has 0 saturated carbocycles. The number of nitrogens with two attached hydrogens (primary N) is 1. The highest BCUT2D eigenvalue weighted by atomic mass is 16.1. The minimum atomic E-state index is 0.0920. The van der Waals surface area contributed by atoms with Gasteiger partial charge in [0.25, 0.3) is 0 Å². The number of carbonyl (C=O) groups excluding carboxylic acids is 1. The number of carbonyl (C=O) groups is 1. The third-order valence-corrected chi connectivity index (χ3v) is 3.03. The van der Waals surface area contributed by atoms with Crippen LogP contribution in [0, 0.1) is 0 Å². The standard InChI is InChI=1S/C14H19N3O/c1-2-16-14(18)6-8-17-7-5-12-4-3-11(10-15)9-13(12)17/h3-5,7,9H,2,6,8,10,15H2,1H3,(H,16,18). The number of rotatable bonds is 5. The van der Waals surface area contributed by atoms with Gasteiger partial charge in [-0.25, -0.2) is 0 Å². The highest BCUT2D eigenvalue weighted by molar-refractivity contribution is 5.81. The van der Waals surface area contributed by atoms with Crippen molar-refractivity contribution in [3.05, 3.63) is 36.0 Å². The van der Waals surface area contributed by atoms with Gasteiger partial charge in [-0.05, 0) is 30.0 Å². The first-order chi connectivity index (χ1) is 8.74. The molecule has 4 nitrogen and oxygen atoms in total. The van der Waals surface area contributed by atoms with Crippen LogP contribution in [0.3, 0.4) is 0 Å². The van der Waals surface area contributed by atoms with Crippen molar-refractivity contribution < 1.29 is 4.79 Å². The monoisotopic (exact) mass is 245 g/mol. The molecule has 1 aromatic heterocycles. The number of nitrogens with one attached hydrogen (secondary N) is 1. The predicted molar refractivity (Wildman–Crippen MR) is 73.1 cm³/mol. The van der Waals surface area contributed by atoms with E-state index in [1.165, 1.54) is 5.39 Å². The third kappa shape index (κ3) is 2.71. The average Bonchev–Trinajstić information content (AvgIpc) is 2.79. The zero-order chi connectivity index (χ0) is 13.0. The van der Waals surface area contributed by atoms with Crippen LogP contribution in [0.25, 0.3) is 10.9 Å². The Bertz CT molecular complexity index is 545. The van der Waals surface area contributed by atoms with Gasteiger partial charge in [-0.15, -0.1) is 0 Å². The van der Waals surface area contributed by atoms with E-state index < -0.39 is 0 Å². The number of fused-ring (bicyclic) bond motifs is 1. The van der Waals surface area contributed by atoms with Crippen molar-refractivity contribution in [2.24, 2.45) is 5.73 Å². The quantitative estimate of drug-likeness (QED) is 0.841. The van der Waals surface area contributed by atoms with Crippen LogP contribution in [0.5, 0.6) is 0 Å². The number of hydrogen-bond acceptors (Lipinski definition) is 2. The van der Waals surface area contributed by atoms with Gasteiger partial charge in [0.2, 0.25) is 5.91 Å². The summed E-state index contributed by atoms with van der Waals surface area (Å²) in [6, 6.07) is 8.26. The Morgan fingerprint density at radius 1 is 1.39 bits per heavy atom. The van der Waals surface area contributed by atoms with Gasteiger partial charge >= 0.3 is 0 Å². The van der Waals surface area contributed by atoms with Crippen molar-refractivity contribution in [1.29, 1.82) is 0 Å². The number of aryl methyl sites for hydroxylation is 1. The Balaban J connectivity index is 2.15. The van der Waals surface area contributed by atoms with Crippen molar-refractivity contribution in [1.82, 2.24) is 9.88 Å². The van der Waals surface area contributed by atoms with Gasteiger partial charge in [-0.3, -0.25) is 4.79 Å². The van der Waals surface area contributed by atoms with Gasteiger partial charge in [0.15, 0.2) is 0 Å². The predicted octanol–water partition coefficient (Wildman–Crippen LogP) is 1.63.